The first-order chi connectivity index (χ1) is 22.1. The Balaban J connectivity index is -0.000000130. The zero-order chi connectivity index (χ0) is 32.8. The first-order valence-corrected chi connectivity index (χ1v) is 12.7. The summed E-state index contributed by atoms with van der Waals surface area (Å²) < 4.78 is 0. The number of benzene rings is 1. The van der Waals surface area contributed by atoms with Gasteiger partial charge in [0.1, 0.15) is 0 Å². The highest BCUT2D eigenvalue weighted by Crippen LogP contribution is 2.19. The van der Waals surface area contributed by atoms with Crippen LogP contribution in [0.5, 0.6) is 0 Å². The van der Waals surface area contributed by atoms with E-state index in [2.05, 4.69) is 116 Å². The Bertz CT molecular complexity index is 2080. The van der Waals surface area contributed by atoms with Gasteiger partial charge in [-0.2, -0.15) is 0 Å². The fraction of sp³-hybridized carbons (Fsp3) is 0.0789. The second-order valence-corrected chi connectivity index (χ2v) is 7.68. The smallest absolute Gasteiger partial charge is 0.253 e. The largest absolute Gasteiger partial charge is 0.412 e. The standard InChI is InChI=1S/C19H17N3O.C19H4.HN3.H2O.6H2/c1-14(15-6-3-2-4-7-15)22-19(23)18-10-17(12-21-13-18)16-8-5-9-20-11-16;1-3-5-7-9-11-13-15-17-19-18-16-14-12-10-8-6-4-2;1-3-2;;;;;;;/h2-14H,1H3,(H,22,23);1H,2H3;1H;1H2;6*1H/t14-;;;;;;;;;/m1........./s1. The first kappa shape index (κ1) is 38.3. The summed E-state index contributed by atoms with van der Waals surface area (Å²) >= 11 is 0. The Labute approximate surface area is 278 Å². The van der Waals surface area contributed by atoms with Crippen molar-refractivity contribution < 1.29 is 18.8 Å². The molecule has 3 rings (SSSR count). The minimum absolute atomic E-state index is 0. The molecule has 0 bridgehead atoms. The average molecular weight is 609 g/mol. The van der Waals surface area contributed by atoms with Gasteiger partial charge in [0.05, 0.1) is 11.6 Å². The summed E-state index contributed by atoms with van der Waals surface area (Å²) in [6.45, 7) is 3.66. The molecule has 0 fully saturated rings. The molecular weight excluding hydrogens is 572 g/mol. The van der Waals surface area contributed by atoms with Crippen LogP contribution in [0.25, 0.3) is 21.6 Å². The number of carbonyl (C=O) groups is 1. The lowest BCUT2D eigenvalue weighted by Gasteiger charge is -2.14. The Morgan fingerprint density at radius 3 is 1.78 bits per heavy atom. The van der Waals surface area contributed by atoms with Gasteiger partial charge >= 0.3 is 0 Å². The Morgan fingerprint density at radius 2 is 1.30 bits per heavy atom. The van der Waals surface area contributed by atoms with Gasteiger partial charge in [-0.25, -0.2) is 0 Å². The number of amides is 1. The van der Waals surface area contributed by atoms with E-state index in [0.29, 0.717) is 5.56 Å². The van der Waals surface area contributed by atoms with Crippen molar-refractivity contribution in [2.24, 2.45) is 0 Å². The molecule has 3 aromatic rings. The molecule has 0 saturated heterocycles. The lowest BCUT2D eigenvalue weighted by molar-refractivity contribution is 0.0939. The van der Waals surface area contributed by atoms with Crippen LogP contribution in [-0.4, -0.2) is 21.4 Å². The number of terminal acetylenes is 1. The molecule has 8 heteroatoms. The zero-order valence-corrected chi connectivity index (χ0v) is 24.8. The normalized spacial score (nSPS) is 7.59. The highest BCUT2D eigenvalue weighted by Gasteiger charge is 2.12. The zero-order valence-electron chi connectivity index (χ0n) is 24.8. The van der Waals surface area contributed by atoms with Gasteiger partial charge in [-0.1, -0.05) is 42.3 Å². The number of hydrogen-bond acceptors (Lipinski definition) is 4. The molecule has 1 aromatic carbocycles. The Morgan fingerprint density at radius 1 is 0.804 bits per heavy atom. The second-order valence-electron chi connectivity index (χ2n) is 7.68. The summed E-state index contributed by atoms with van der Waals surface area (Å²) in [5.41, 5.74) is 15.7. The average Bonchev–Trinajstić information content (AvgIpc) is 3.08. The monoisotopic (exact) mass is 608 g/mol. The van der Waals surface area contributed by atoms with Crippen molar-refractivity contribution in [3.63, 3.8) is 0 Å². The molecular formula is C38H36N6O2. The van der Waals surface area contributed by atoms with Crippen LogP contribution in [0.4, 0.5) is 0 Å². The number of nitrogens with one attached hydrogen (secondary N) is 2. The van der Waals surface area contributed by atoms with Crippen molar-refractivity contribution in [3.05, 3.63) is 94.9 Å². The van der Waals surface area contributed by atoms with Crippen LogP contribution in [0.2, 0.25) is 0 Å². The molecule has 8 nitrogen and oxygen atoms in total. The number of carbonyl (C=O) groups excluding carboxylic acids is 1. The summed E-state index contributed by atoms with van der Waals surface area (Å²) in [7, 11) is 0. The third-order valence-corrected chi connectivity index (χ3v) is 4.71. The molecule has 0 radical (unpaired) electrons. The molecule has 0 unspecified atom stereocenters. The molecule has 2 heterocycles. The van der Waals surface area contributed by atoms with Crippen molar-refractivity contribution in [2.75, 3.05) is 0 Å². The minimum atomic E-state index is -0.139. The predicted molar refractivity (Wildman–Crippen MR) is 192 cm³/mol. The van der Waals surface area contributed by atoms with Crippen LogP contribution in [0.15, 0.2) is 73.3 Å². The van der Waals surface area contributed by atoms with E-state index in [0.717, 1.165) is 16.7 Å². The van der Waals surface area contributed by atoms with E-state index in [-0.39, 0.29) is 26.0 Å². The summed E-state index contributed by atoms with van der Waals surface area (Å²) in [4.78, 5) is 22.5. The first-order valence-electron chi connectivity index (χ1n) is 12.7. The van der Waals surface area contributed by atoms with Gasteiger partial charge in [0.15, 0.2) is 0 Å². The summed E-state index contributed by atoms with van der Waals surface area (Å²) in [6.07, 6.45) is 11.7. The molecule has 46 heavy (non-hydrogen) atoms. The maximum atomic E-state index is 12.4. The molecule has 4 N–H and O–H groups in total. The van der Waals surface area contributed by atoms with Gasteiger partial charge in [0.25, 0.3) is 5.91 Å². The molecule has 230 valence electrons. The molecule has 0 aliphatic carbocycles. The van der Waals surface area contributed by atoms with Crippen LogP contribution in [0, 0.1) is 113 Å². The number of nitrogens with zero attached hydrogens (tertiary/aromatic N) is 4. The van der Waals surface area contributed by atoms with Crippen molar-refractivity contribution in [3.8, 4) is 118 Å². The van der Waals surface area contributed by atoms with Gasteiger partial charge in [-0.3, -0.25) is 14.8 Å². The topological polar surface area (TPSA) is 147 Å². The molecule has 1 atom stereocenters. The van der Waals surface area contributed by atoms with Crippen molar-refractivity contribution in [1.82, 2.24) is 15.3 Å². The maximum Gasteiger partial charge on any atom is 0.253 e. The SMILES string of the molecule is C#CC#CC#CC#CC#CC#CC#CC#CC#CC.C[C@@H](NC(=O)c1cncc(-c2cccnc2)c1)c1ccccc1.O.[HH].[HH].[HH].[HH].[HH].[HH].[N-]=[N+]=N. The summed E-state index contributed by atoms with van der Waals surface area (Å²) in [6, 6.07) is 15.4. The molecule has 0 aliphatic rings. The van der Waals surface area contributed by atoms with Crippen molar-refractivity contribution in [1.29, 1.82) is 5.53 Å². The lowest BCUT2D eigenvalue weighted by Crippen LogP contribution is -2.26. The van der Waals surface area contributed by atoms with E-state index < -0.39 is 0 Å². The molecule has 2 aromatic heterocycles. The Hall–Kier alpha value is -7.70. The predicted octanol–water partition coefficient (Wildman–Crippen LogP) is 5.83. The molecule has 0 spiro atoms. The van der Waals surface area contributed by atoms with Crippen LogP contribution in [0.1, 0.15) is 44.4 Å². The van der Waals surface area contributed by atoms with Gasteiger partial charge in [0, 0.05) is 44.5 Å². The van der Waals surface area contributed by atoms with Crippen LogP contribution in [0.3, 0.4) is 0 Å². The van der Waals surface area contributed by atoms with Gasteiger partial charge in [0.2, 0.25) is 0 Å². The number of rotatable bonds is 4. The van der Waals surface area contributed by atoms with E-state index in [9.17, 15) is 4.79 Å². The van der Waals surface area contributed by atoms with Gasteiger partial charge in [-0.15, -0.1) is 12.0 Å². The summed E-state index contributed by atoms with van der Waals surface area (Å²) in [5.74, 6) is 41.8. The number of aromatic nitrogens is 2. The van der Waals surface area contributed by atoms with Crippen molar-refractivity contribution in [2.45, 2.75) is 19.9 Å². The molecule has 0 aliphatic heterocycles. The lowest BCUT2D eigenvalue weighted by atomic mass is 10.1. The number of hydrogen-bond donors (Lipinski definition) is 2. The number of pyridine rings is 2. The van der Waals surface area contributed by atoms with E-state index in [1.54, 1.807) is 36.6 Å². The summed E-state index contributed by atoms with van der Waals surface area (Å²) in [5, 5.41) is 3.00. The van der Waals surface area contributed by atoms with E-state index in [4.69, 9.17) is 17.5 Å². The fourth-order valence-corrected chi connectivity index (χ4v) is 2.87. The van der Waals surface area contributed by atoms with Gasteiger partial charge < -0.3 is 10.8 Å². The third-order valence-electron chi connectivity index (χ3n) is 4.71. The third kappa shape index (κ3) is 17.9. The van der Waals surface area contributed by atoms with E-state index in [1.165, 1.54) is 0 Å². The van der Waals surface area contributed by atoms with E-state index in [1.807, 2.05) is 55.5 Å². The quantitative estimate of drug-likeness (QED) is 0.166. The van der Waals surface area contributed by atoms with E-state index >= 15 is 0 Å². The molecule has 1 amide bonds. The van der Waals surface area contributed by atoms with Crippen molar-refractivity contribution >= 4 is 5.91 Å². The minimum Gasteiger partial charge on any atom is -0.412 e. The Kier molecular flexibility index (Phi) is 21.8. The highest BCUT2D eigenvalue weighted by atomic mass is 16.1. The van der Waals surface area contributed by atoms with Gasteiger partial charge in [-0.05, 0) is 137 Å². The maximum absolute atomic E-state index is 12.4. The fourth-order valence-electron chi connectivity index (χ4n) is 2.87. The second kappa shape index (κ2) is 26.2. The molecule has 0 saturated carbocycles. The highest BCUT2D eigenvalue weighted by molar-refractivity contribution is 5.95. The van der Waals surface area contributed by atoms with Crippen LogP contribution in [-0.2, 0) is 0 Å². The van der Waals surface area contributed by atoms with Crippen LogP contribution >= 0.6 is 0 Å². The van der Waals surface area contributed by atoms with Crippen LogP contribution < -0.4 is 5.32 Å².